The topological polar surface area (TPSA) is 39.7 Å². The molecule has 4 nitrogen and oxygen atoms in total. The smallest absolute Gasteiger partial charge is 0.354 e. The number of aliphatic imine (C=N–C) groups is 1. The van der Waals surface area contributed by atoms with Crippen molar-refractivity contribution < 1.29 is 13.2 Å². The SMILES string of the molecule is CN=C(NCC#Cc1cccc(C(F)(F)F)c1)NC1CCN(C2CCCCC2)CC1.I. The fourth-order valence-electron chi connectivity index (χ4n) is 4.29. The second-order valence-electron chi connectivity index (χ2n) is 8.05. The summed E-state index contributed by atoms with van der Waals surface area (Å²) in [6.07, 6.45) is 4.61. The molecule has 0 aromatic heterocycles. The Morgan fingerprint density at radius 1 is 1.13 bits per heavy atom. The number of alkyl halides is 3. The van der Waals surface area contributed by atoms with Gasteiger partial charge in [0.2, 0.25) is 0 Å². The second kappa shape index (κ2) is 12.5. The lowest BCUT2D eigenvalue weighted by Crippen LogP contribution is -2.51. The van der Waals surface area contributed by atoms with Gasteiger partial charge in [-0.1, -0.05) is 37.2 Å². The second-order valence-corrected chi connectivity index (χ2v) is 8.05. The van der Waals surface area contributed by atoms with Crippen LogP contribution in [-0.4, -0.2) is 49.6 Å². The summed E-state index contributed by atoms with van der Waals surface area (Å²) >= 11 is 0. The maximum Gasteiger partial charge on any atom is 0.416 e. The van der Waals surface area contributed by atoms with Gasteiger partial charge in [0.05, 0.1) is 12.1 Å². The van der Waals surface area contributed by atoms with Crippen LogP contribution in [-0.2, 0) is 6.18 Å². The molecular formula is C23H32F3IN4. The highest BCUT2D eigenvalue weighted by molar-refractivity contribution is 14.0. The van der Waals surface area contributed by atoms with Gasteiger partial charge < -0.3 is 15.5 Å². The van der Waals surface area contributed by atoms with Crippen LogP contribution in [0.25, 0.3) is 0 Å². The third-order valence-electron chi connectivity index (χ3n) is 5.95. The van der Waals surface area contributed by atoms with Gasteiger partial charge in [-0.25, -0.2) is 0 Å². The van der Waals surface area contributed by atoms with Crippen LogP contribution < -0.4 is 10.6 Å². The molecule has 0 unspecified atom stereocenters. The van der Waals surface area contributed by atoms with Crippen LogP contribution in [0.3, 0.4) is 0 Å². The summed E-state index contributed by atoms with van der Waals surface area (Å²) < 4.78 is 38.3. The lowest BCUT2D eigenvalue weighted by molar-refractivity contribution is -0.137. The van der Waals surface area contributed by atoms with E-state index in [1.165, 1.54) is 38.2 Å². The van der Waals surface area contributed by atoms with Crippen LogP contribution in [0.5, 0.6) is 0 Å². The molecule has 31 heavy (non-hydrogen) atoms. The maximum atomic E-state index is 12.8. The van der Waals surface area contributed by atoms with E-state index in [0.717, 1.165) is 44.1 Å². The van der Waals surface area contributed by atoms with Crippen molar-refractivity contribution in [3.63, 3.8) is 0 Å². The molecule has 0 radical (unpaired) electrons. The molecule has 0 bridgehead atoms. The van der Waals surface area contributed by atoms with E-state index in [4.69, 9.17) is 0 Å². The van der Waals surface area contributed by atoms with Crippen LogP contribution in [0.2, 0.25) is 0 Å². The molecule has 1 aromatic carbocycles. The fourth-order valence-corrected chi connectivity index (χ4v) is 4.29. The van der Waals surface area contributed by atoms with E-state index in [9.17, 15) is 13.2 Å². The van der Waals surface area contributed by atoms with Crippen molar-refractivity contribution in [2.24, 2.45) is 4.99 Å². The zero-order chi connectivity index (χ0) is 21.4. The third kappa shape index (κ3) is 8.19. The first-order valence-electron chi connectivity index (χ1n) is 10.8. The lowest BCUT2D eigenvalue weighted by Gasteiger charge is -2.39. The summed E-state index contributed by atoms with van der Waals surface area (Å²) in [6, 6.07) is 6.22. The van der Waals surface area contributed by atoms with Crippen LogP contribution in [0.1, 0.15) is 56.1 Å². The number of guanidine groups is 1. The molecule has 1 aromatic rings. The molecule has 172 valence electrons. The monoisotopic (exact) mass is 548 g/mol. The Morgan fingerprint density at radius 2 is 1.84 bits per heavy atom. The highest BCUT2D eigenvalue weighted by Gasteiger charge is 2.30. The predicted molar refractivity (Wildman–Crippen MR) is 130 cm³/mol. The van der Waals surface area contributed by atoms with E-state index in [1.807, 2.05) is 0 Å². The largest absolute Gasteiger partial charge is 0.416 e. The van der Waals surface area contributed by atoms with E-state index in [0.29, 0.717) is 24.1 Å². The molecule has 3 rings (SSSR count). The standard InChI is InChI=1S/C23H31F3N4.HI/c1-27-22(28-14-6-8-18-7-5-9-19(17-18)23(24,25)26)29-20-12-15-30(16-13-20)21-10-3-2-4-11-21;/h5,7,9,17,20-21H,2-4,10-16H2,1H3,(H2,27,28,29);1H. The van der Waals surface area contributed by atoms with Gasteiger partial charge in [-0.15, -0.1) is 24.0 Å². The number of hydrogen-bond acceptors (Lipinski definition) is 2. The lowest BCUT2D eigenvalue weighted by atomic mass is 9.92. The Bertz CT molecular complexity index is 771. The van der Waals surface area contributed by atoms with E-state index < -0.39 is 11.7 Å². The van der Waals surface area contributed by atoms with Gasteiger partial charge in [-0.05, 0) is 43.9 Å². The van der Waals surface area contributed by atoms with Crippen molar-refractivity contribution in [3.05, 3.63) is 35.4 Å². The van der Waals surface area contributed by atoms with Gasteiger partial charge in [0.25, 0.3) is 0 Å². The summed E-state index contributed by atoms with van der Waals surface area (Å²) in [5.41, 5.74) is -0.330. The zero-order valence-electron chi connectivity index (χ0n) is 18.0. The Morgan fingerprint density at radius 3 is 2.48 bits per heavy atom. The van der Waals surface area contributed by atoms with Crippen LogP contribution >= 0.6 is 24.0 Å². The Labute approximate surface area is 200 Å². The minimum Gasteiger partial charge on any atom is -0.354 e. The summed E-state index contributed by atoms with van der Waals surface area (Å²) in [7, 11) is 1.72. The molecule has 1 aliphatic carbocycles. The molecule has 1 saturated heterocycles. The molecule has 2 fully saturated rings. The Kier molecular flexibility index (Phi) is 10.4. The van der Waals surface area contributed by atoms with E-state index in [2.05, 4.69) is 32.4 Å². The number of nitrogens with zero attached hydrogens (tertiary/aromatic N) is 2. The predicted octanol–water partition coefficient (Wildman–Crippen LogP) is 4.64. The number of piperidine rings is 1. The average Bonchev–Trinajstić information content (AvgIpc) is 2.76. The minimum atomic E-state index is -4.35. The molecular weight excluding hydrogens is 516 g/mol. The first-order chi connectivity index (χ1) is 14.5. The highest BCUT2D eigenvalue weighted by Crippen LogP contribution is 2.29. The van der Waals surface area contributed by atoms with Gasteiger partial charge in [-0.3, -0.25) is 4.99 Å². The molecule has 2 N–H and O–H groups in total. The summed E-state index contributed by atoms with van der Waals surface area (Å²) in [5, 5.41) is 6.59. The average molecular weight is 548 g/mol. The van der Waals surface area contributed by atoms with Crippen LogP contribution in [0.4, 0.5) is 13.2 Å². The van der Waals surface area contributed by atoms with Crippen molar-refractivity contribution in [1.82, 2.24) is 15.5 Å². The molecule has 2 aliphatic rings. The van der Waals surface area contributed by atoms with Gasteiger partial charge in [0, 0.05) is 37.8 Å². The van der Waals surface area contributed by atoms with Crippen molar-refractivity contribution in [2.75, 3.05) is 26.7 Å². The molecule has 0 amide bonds. The maximum absolute atomic E-state index is 12.8. The first kappa shape index (κ1) is 25.8. The quantitative estimate of drug-likeness (QED) is 0.251. The van der Waals surface area contributed by atoms with E-state index in [1.54, 1.807) is 13.1 Å². The summed E-state index contributed by atoms with van der Waals surface area (Å²) in [5.74, 6) is 6.34. The number of hydrogen-bond donors (Lipinski definition) is 2. The zero-order valence-corrected chi connectivity index (χ0v) is 20.3. The van der Waals surface area contributed by atoms with Crippen molar-refractivity contribution in [2.45, 2.75) is 63.2 Å². The van der Waals surface area contributed by atoms with Crippen LogP contribution in [0.15, 0.2) is 29.3 Å². The van der Waals surface area contributed by atoms with E-state index >= 15 is 0 Å². The number of halogens is 4. The molecule has 8 heteroatoms. The number of nitrogens with one attached hydrogen (secondary N) is 2. The number of likely N-dealkylation sites (tertiary alicyclic amines) is 1. The molecule has 1 aliphatic heterocycles. The van der Waals surface area contributed by atoms with Gasteiger partial charge in [0.1, 0.15) is 0 Å². The fraction of sp³-hybridized carbons (Fsp3) is 0.609. The molecule has 0 spiro atoms. The summed E-state index contributed by atoms with van der Waals surface area (Å²) in [6.45, 7) is 2.56. The molecule has 1 heterocycles. The van der Waals surface area contributed by atoms with Gasteiger partial charge in [-0.2, -0.15) is 13.2 Å². The Hall–Kier alpha value is -1.47. The Balaban J connectivity index is 0.00000341. The molecule has 1 saturated carbocycles. The molecule has 0 atom stereocenters. The van der Waals surface area contributed by atoms with Gasteiger partial charge >= 0.3 is 6.18 Å². The highest BCUT2D eigenvalue weighted by atomic mass is 127. The number of benzene rings is 1. The van der Waals surface area contributed by atoms with Crippen molar-refractivity contribution in [1.29, 1.82) is 0 Å². The number of rotatable bonds is 3. The first-order valence-corrected chi connectivity index (χ1v) is 10.8. The van der Waals surface area contributed by atoms with Crippen molar-refractivity contribution in [3.8, 4) is 11.8 Å². The van der Waals surface area contributed by atoms with Crippen LogP contribution in [0, 0.1) is 11.8 Å². The minimum absolute atomic E-state index is 0. The van der Waals surface area contributed by atoms with Gasteiger partial charge in [0.15, 0.2) is 5.96 Å². The normalized spacial score (nSPS) is 19.2. The van der Waals surface area contributed by atoms with Crippen molar-refractivity contribution >= 4 is 29.9 Å². The van der Waals surface area contributed by atoms with E-state index in [-0.39, 0.29) is 24.0 Å². The summed E-state index contributed by atoms with van der Waals surface area (Å²) in [4.78, 5) is 6.89. The third-order valence-corrected chi connectivity index (χ3v) is 5.95.